The molecular weight excluding hydrogens is 516 g/mol. The van der Waals surface area contributed by atoms with Crippen molar-refractivity contribution in [2.24, 2.45) is 4.99 Å². The molecule has 0 aliphatic carbocycles. The Kier molecular flexibility index (Phi) is 8.91. The molecule has 0 spiro atoms. The second-order valence-corrected chi connectivity index (χ2v) is 10.4. The minimum Gasteiger partial charge on any atom is -0.497 e. The second kappa shape index (κ2) is 12.3. The maximum Gasteiger partial charge on any atom is 0.338 e. The van der Waals surface area contributed by atoms with Crippen LogP contribution in [0.15, 0.2) is 63.5 Å². The fourth-order valence-corrected chi connectivity index (χ4v) is 5.38. The molecule has 1 atom stereocenters. The van der Waals surface area contributed by atoms with Crippen molar-refractivity contribution in [2.45, 2.75) is 52.7 Å². The molecule has 2 aromatic carbocycles. The molecule has 2 heterocycles. The summed E-state index contributed by atoms with van der Waals surface area (Å²) in [4.78, 5) is 32.2. The Morgan fingerprint density at radius 1 is 1.10 bits per heavy atom. The van der Waals surface area contributed by atoms with E-state index in [4.69, 9.17) is 18.9 Å². The Bertz CT molecular complexity index is 1550. The minimum atomic E-state index is -0.690. The first-order chi connectivity index (χ1) is 18.8. The summed E-state index contributed by atoms with van der Waals surface area (Å²) in [5.74, 6) is 1.44. The first-order valence-corrected chi connectivity index (χ1v) is 13.8. The highest BCUT2D eigenvalue weighted by Gasteiger charge is 2.33. The second-order valence-electron chi connectivity index (χ2n) is 9.42. The zero-order chi connectivity index (χ0) is 28.1. The SMILES string of the molecule is CCCCOc1ccc(/C=c2\sc3n(c2=O)[C@H](c2ccc(OC)cc2)C(C(=O)OC(C)C)=C(C)N=3)cc1OC. The number of carbonyl (C=O) groups is 1. The molecule has 4 rings (SSSR count). The molecule has 9 heteroatoms. The molecule has 206 valence electrons. The quantitative estimate of drug-likeness (QED) is 0.275. The van der Waals surface area contributed by atoms with Gasteiger partial charge in [0.15, 0.2) is 16.3 Å². The fraction of sp³-hybridized carbons (Fsp3) is 0.367. The molecule has 39 heavy (non-hydrogen) atoms. The molecular formula is C30H34N2O6S. The van der Waals surface area contributed by atoms with Crippen LogP contribution in [0.5, 0.6) is 17.2 Å². The Morgan fingerprint density at radius 3 is 2.49 bits per heavy atom. The molecule has 1 aromatic heterocycles. The summed E-state index contributed by atoms with van der Waals surface area (Å²) in [6.07, 6.45) is 3.48. The van der Waals surface area contributed by atoms with Crippen molar-refractivity contribution >= 4 is 23.4 Å². The third kappa shape index (κ3) is 6.09. The van der Waals surface area contributed by atoms with Gasteiger partial charge in [0.2, 0.25) is 0 Å². The van der Waals surface area contributed by atoms with E-state index in [1.165, 1.54) is 11.3 Å². The van der Waals surface area contributed by atoms with Crippen LogP contribution in [0.2, 0.25) is 0 Å². The van der Waals surface area contributed by atoms with Gasteiger partial charge < -0.3 is 18.9 Å². The molecule has 0 radical (unpaired) electrons. The Hall–Kier alpha value is -3.85. The van der Waals surface area contributed by atoms with E-state index in [0.29, 0.717) is 44.5 Å². The molecule has 0 saturated carbocycles. The van der Waals surface area contributed by atoms with Gasteiger partial charge in [-0.05, 0) is 68.7 Å². The van der Waals surface area contributed by atoms with Crippen LogP contribution in [0.25, 0.3) is 6.08 Å². The van der Waals surface area contributed by atoms with Crippen molar-refractivity contribution in [1.82, 2.24) is 4.57 Å². The van der Waals surface area contributed by atoms with Crippen LogP contribution < -0.4 is 29.1 Å². The fourth-order valence-electron chi connectivity index (χ4n) is 4.33. The number of thiazole rings is 1. The van der Waals surface area contributed by atoms with E-state index in [9.17, 15) is 9.59 Å². The highest BCUT2D eigenvalue weighted by molar-refractivity contribution is 7.07. The van der Waals surface area contributed by atoms with Crippen LogP contribution in [0.1, 0.15) is 57.7 Å². The molecule has 0 N–H and O–H groups in total. The number of ether oxygens (including phenoxy) is 4. The van der Waals surface area contributed by atoms with Crippen molar-refractivity contribution in [3.05, 3.63) is 84.5 Å². The largest absolute Gasteiger partial charge is 0.497 e. The summed E-state index contributed by atoms with van der Waals surface area (Å²) in [6.45, 7) is 8.07. The van der Waals surface area contributed by atoms with Gasteiger partial charge in [-0.3, -0.25) is 9.36 Å². The topological polar surface area (TPSA) is 88.4 Å². The predicted octanol–water partition coefficient (Wildman–Crippen LogP) is 4.38. The number of fused-ring (bicyclic) bond motifs is 1. The van der Waals surface area contributed by atoms with E-state index in [-0.39, 0.29) is 11.7 Å². The highest BCUT2D eigenvalue weighted by atomic mass is 32.1. The van der Waals surface area contributed by atoms with Gasteiger partial charge in [-0.25, -0.2) is 9.79 Å². The Labute approximate surface area is 231 Å². The number of hydrogen-bond acceptors (Lipinski definition) is 8. The normalized spacial score (nSPS) is 15.2. The summed E-state index contributed by atoms with van der Waals surface area (Å²) in [6, 6.07) is 12.2. The van der Waals surface area contributed by atoms with Gasteiger partial charge in [0, 0.05) is 0 Å². The maximum atomic E-state index is 13.8. The lowest BCUT2D eigenvalue weighted by atomic mass is 9.96. The van der Waals surface area contributed by atoms with E-state index in [1.54, 1.807) is 45.6 Å². The highest BCUT2D eigenvalue weighted by Crippen LogP contribution is 2.32. The number of methoxy groups -OCH3 is 2. The van der Waals surface area contributed by atoms with Crippen LogP contribution in [-0.2, 0) is 9.53 Å². The molecule has 0 unspecified atom stereocenters. The lowest BCUT2D eigenvalue weighted by Gasteiger charge is -2.25. The molecule has 8 nitrogen and oxygen atoms in total. The molecule has 0 amide bonds. The van der Waals surface area contributed by atoms with Crippen molar-refractivity contribution in [1.29, 1.82) is 0 Å². The summed E-state index contributed by atoms with van der Waals surface area (Å²) in [5, 5.41) is 0. The lowest BCUT2D eigenvalue weighted by molar-refractivity contribution is -0.143. The van der Waals surface area contributed by atoms with Gasteiger partial charge >= 0.3 is 5.97 Å². The molecule has 0 saturated heterocycles. The molecule has 1 aliphatic heterocycles. The number of benzene rings is 2. The predicted molar refractivity (Wildman–Crippen MR) is 151 cm³/mol. The number of nitrogens with zero attached hydrogens (tertiary/aromatic N) is 2. The van der Waals surface area contributed by atoms with E-state index < -0.39 is 12.0 Å². The third-order valence-corrected chi connectivity index (χ3v) is 7.24. The number of aromatic nitrogens is 1. The standard InChI is InChI=1S/C30H34N2O6S/c1-7-8-15-37-23-14-9-20(16-24(23)36-6)17-25-28(33)32-27(21-10-12-22(35-5)13-11-21)26(29(34)38-18(2)3)19(4)31-30(32)39-25/h9-14,16-18,27H,7-8,15H2,1-6H3/b25-17-/t27-/m1/s1. The van der Waals surface area contributed by atoms with Gasteiger partial charge in [0.05, 0.1) is 48.8 Å². The summed E-state index contributed by atoms with van der Waals surface area (Å²) >= 11 is 1.27. The van der Waals surface area contributed by atoms with Gasteiger partial charge in [-0.15, -0.1) is 0 Å². The maximum absolute atomic E-state index is 13.8. The van der Waals surface area contributed by atoms with Crippen LogP contribution in [-0.4, -0.2) is 37.5 Å². The van der Waals surface area contributed by atoms with Gasteiger partial charge in [0.25, 0.3) is 5.56 Å². The van der Waals surface area contributed by atoms with Crippen LogP contribution in [0, 0.1) is 0 Å². The van der Waals surface area contributed by atoms with Crippen LogP contribution in [0.3, 0.4) is 0 Å². The Morgan fingerprint density at radius 2 is 1.85 bits per heavy atom. The van der Waals surface area contributed by atoms with E-state index >= 15 is 0 Å². The van der Waals surface area contributed by atoms with Crippen LogP contribution in [0.4, 0.5) is 0 Å². The number of allylic oxidation sites excluding steroid dienone is 1. The van der Waals surface area contributed by atoms with Crippen molar-refractivity contribution in [3.63, 3.8) is 0 Å². The first kappa shape index (κ1) is 28.2. The smallest absolute Gasteiger partial charge is 0.338 e. The van der Waals surface area contributed by atoms with E-state index in [0.717, 1.165) is 24.0 Å². The van der Waals surface area contributed by atoms with E-state index in [1.807, 2.05) is 42.5 Å². The zero-order valence-electron chi connectivity index (χ0n) is 23.1. The van der Waals surface area contributed by atoms with Crippen LogP contribution >= 0.6 is 11.3 Å². The number of hydrogen-bond donors (Lipinski definition) is 0. The molecule has 0 bridgehead atoms. The minimum absolute atomic E-state index is 0.246. The summed E-state index contributed by atoms with van der Waals surface area (Å²) in [5.41, 5.74) is 2.15. The molecule has 0 fully saturated rings. The van der Waals surface area contributed by atoms with Gasteiger partial charge in [-0.1, -0.05) is 42.9 Å². The number of rotatable bonds is 10. The number of esters is 1. The monoisotopic (exact) mass is 550 g/mol. The lowest BCUT2D eigenvalue weighted by Crippen LogP contribution is -2.40. The first-order valence-electron chi connectivity index (χ1n) is 13.0. The van der Waals surface area contributed by atoms with E-state index in [2.05, 4.69) is 11.9 Å². The zero-order valence-corrected chi connectivity index (χ0v) is 24.0. The summed E-state index contributed by atoms with van der Waals surface area (Å²) < 4.78 is 24.3. The Balaban J connectivity index is 1.83. The van der Waals surface area contributed by atoms with Crippen molar-refractivity contribution in [2.75, 3.05) is 20.8 Å². The van der Waals surface area contributed by atoms with Gasteiger partial charge in [0.1, 0.15) is 5.75 Å². The average Bonchev–Trinajstić information content (AvgIpc) is 3.22. The van der Waals surface area contributed by atoms with Gasteiger partial charge in [-0.2, -0.15) is 0 Å². The summed E-state index contributed by atoms with van der Waals surface area (Å²) in [7, 11) is 3.18. The number of unbranched alkanes of at least 4 members (excludes halogenated alkanes) is 1. The molecule has 1 aliphatic rings. The molecule has 3 aromatic rings. The van der Waals surface area contributed by atoms with Crippen molar-refractivity contribution < 1.29 is 23.7 Å². The number of carbonyl (C=O) groups excluding carboxylic acids is 1. The van der Waals surface area contributed by atoms with Crippen molar-refractivity contribution in [3.8, 4) is 17.2 Å². The third-order valence-electron chi connectivity index (χ3n) is 6.26. The average molecular weight is 551 g/mol.